The highest BCUT2D eigenvalue weighted by Crippen LogP contribution is 2.35. The lowest BCUT2D eigenvalue weighted by atomic mass is 10.1. The third-order valence-corrected chi connectivity index (χ3v) is 8.23. The molecule has 2 saturated heterocycles. The molecule has 0 saturated carbocycles. The van der Waals surface area contributed by atoms with Gasteiger partial charge < -0.3 is 9.47 Å². The average molecular weight is 499 g/mol. The minimum absolute atomic E-state index is 0.0116. The minimum atomic E-state index is -0.0116. The predicted molar refractivity (Wildman–Crippen MR) is 153 cm³/mol. The first-order chi connectivity index (χ1) is 17.5. The largest absolute Gasteiger partial charge is 0.372 e. The van der Waals surface area contributed by atoms with Gasteiger partial charge in [-0.2, -0.15) is 0 Å². The zero-order chi connectivity index (χ0) is 25.2. The molecule has 1 amide bonds. The molecule has 0 spiro atoms. The quantitative estimate of drug-likeness (QED) is 0.360. The fourth-order valence-corrected chi connectivity index (χ4v) is 6.10. The van der Waals surface area contributed by atoms with Gasteiger partial charge in [-0.25, -0.2) is 4.99 Å². The molecule has 186 valence electrons. The molecule has 0 atom stereocenters. The summed E-state index contributed by atoms with van der Waals surface area (Å²) >= 11 is 1.44. The van der Waals surface area contributed by atoms with Gasteiger partial charge in [-0.05, 0) is 105 Å². The molecule has 0 unspecified atom stereocenters. The van der Waals surface area contributed by atoms with E-state index in [-0.39, 0.29) is 5.91 Å². The van der Waals surface area contributed by atoms with Crippen molar-refractivity contribution in [3.63, 3.8) is 0 Å². The number of piperidine rings is 1. The number of carbonyl (C=O) groups excluding carboxylic acids is 1. The van der Waals surface area contributed by atoms with Crippen LogP contribution in [0.5, 0.6) is 0 Å². The van der Waals surface area contributed by atoms with Gasteiger partial charge >= 0.3 is 0 Å². The molecule has 2 aliphatic rings. The van der Waals surface area contributed by atoms with Crippen molar-refractivity contribution >= 4 is 40.3 Å². The third kappa shape index (κ3) is 4.74. The molecule has 3 heterocycles. The summed E-state index contributed by atoms with van der Waals surface area (Å²) in [6, 6.07) is 19.1. The molecule has 0 radical (unpaired) electrons. The van der Waals surface area contributed by atoms with Crippen molar-refractivity contribution in [3.8, 4) is 5.69 Å². The molecule has 2 fully saturated rings. The molecule has 36 heavy (non-hydrogen) atoms. The fraction of sp³-hybridized carbons (Fsp3) is 0.333. The molecule has 5 nitrogen and oxygen atoms in total. The first kappa shape index (κ1) is 24.4. The highest BCUT2D eigenvalue weighted by molar-refractivity contribution is 8.18. The SMILES string of the molecule is CCc1ccccc1-n1c(C)cc(/C=C2\SC(=Nc3ccc(N4CCCCC4)cc3)N(C)C2=O)c1C. The summed E-state index contributed by atoms with van der Waals surface area (Å²) in [5.74, 6) is -0.0116. The van der Waals surface area contributed by atoms with Crippen LogP contribution in [0.15, 0.2) is 64.5 Å². The Balaban J connectivity index is 1.39. The minimum Gasteiger partial charge on any atom is -0.372 e. The number of benzene rings is 2. The van der Waals surface area contributed by atoms with Gasteiger partial charge in [-0.15, -0.1) is 0 Å². The van der Waals surface area contributed by atoms with Crippen molar-refractivity contribution in [2.75, 3.05) is 25.0 Å². The Morgan fingerprint density at radius 2 is 1.72 bits per heavy atom. The van der Waals surface area contributed by atoms with Gasteiger partial charge in [0.05, 0.1) is 10.6 Å². The first-order valence-corrected chi connectivity index (χ1v) is 13.7. The maximum absolute atomic E-state index is 13.1. The van der Waals surface area contributed by atoms with Crippen LogP contribution in [0.4, 0.5) is 11.4 Å². The second kappa shape index (κ2) is 10.4. The average Bonchev–Trinajstić information content (AvgIpc) is 3.33. The third-order valence-electron chi connectivity index (χ3n) is 7.17. The van der Waals surface area contributed by atoms with Crippen LogP contribution in [-0.4, -0.2) is 40.7 Å². The van der Waals surface area contributed by atoms with E-state index in [1.165, 1.54) is 48.0 Å². The van der Waals surface area contributed by atoms with Gasteiger partial charge in [0.1, 0.15) is 0 Å². The number of anilines is 1. The summed E-state index contributed by atoms with van der Waals surface area (Å²) in [7, 11) is 1.80. The normalized spacial score (nSPS) is 18.6. The summed E-state index contributed by atoms with van der Waals surface area (Å²) in [5.41, 5.74) is 8.00. The lowest BCUT2D eigenvalue weighted by Crippen LogP contribution is -2.29. The van der Waals surface area contributed by atoms with Crippen molar-refractivity contribution in [3.05, 3.63) is 82.0 Å². The van der Waals surface area contributed by atoms with Crippen LogP contribution in [0.2, 0.25) is 0 Å². The molecule has 0 aliphatic carbocycles. The standard InChI is InChI=1S/C30H34N4OS/c1-5-23-11-7-8-12-27(23)34-21(2)19-24(22(34)3)20-28-29(35)32(4)30(36-28)31-25-13-15-26(16-14-25)33-17-9-6-10-18-33/h7-8,11-16,19-20H,5-6,9-10,17-18H2,1-4H3/b28-20-,31-30?. The highest BCUT2D eigenvalue weighted by atomic mass is 32.2. The predicted octanol–water partition coefficient (Wildman–Crippen LogP) is 6.88. The van der Waals surface area contributed by atoms with Gasteiger partial charge in [-0.3, -0.25) is 9.69 Å². The first-order valence-electron chi connectivity index (χ1n) is 12.8. The number of carbonyl (C=O) groups is 1. The van der Waals surface area contributed by atoms with E-state index in [1.54, 1.807) is 11.9 Å². The number of amides is 1. The topological polar surface area (TPSA) is 40.8 Å². The Kier molecular flexibility index (Phi) is 7.06. The van der Waals surface area contributed by atoms with E-state index < -0.39 is 0 Å². The molecule has 0 bridgehead atoms. The van der Waals surface area contributed by atoms with Crippen molar-refractivity contribution in [1.82, 2.24) is 9.47 Å². The number of nitrogens with zero attached hydrogens (tertiary/aromatic N) is 4. The molecule has 0 N–H and O–H groups in total. The molecule has 2 aromatic carbocycles. The van der Waals surface area contributed by atoms with E-state index in [1.807, 2.05) is 6.08 Å². The monoisotopic (exact) mass is 498 g/mol. The number of hydrogen-bond acceptors (Lipinski definition) is 4. The van der Waals surface area contributed by atoms with E-state index in [0.717, 1.165) is 42.1 Å². The van der Waals surface area contributed by atoms with Crippen molar-refractivity contribution in [2.45, 2.75) is 46.5 Å². The molecule has 3 aromatic rings. The summed E-state index contributed by atoms with van der Waals surface area (Å²) in [4.78, 5) is 22.7. The number of aliphatic imine (C=N–C) groups is 1. The molecular formula is C30H34N4OS. The summed E-state index contributed by atoms with van der Waals surface area (Å²) in [6.07, 6.45) is 6.83. The number of aromatic nitrogens is 1. The summed E-state index contributed by atoms with van der Waals surface area (Å²) in [6.45, 7) is 8.68. The van der Waals surface area contributed by atoms with Crippen LogP contribution in [-0.2, 0) is 11.2 Å². The van der Waals surface area contributed by atoms with Crippen LogP contribution in [0.25, 0.3) is 11.8 Å². The number of hydrogen-bond donors (Lipinski definition) is 0. The van der Waals surface area contributed by atoms with Gasteiger partial charge in [0, 0.05) is 42.9 Å². The Morgan fingerprint density at radius 1 is 1.00 bits per heavy atom. The second-order valence-corrected chi connectivity index (χ2v) is 10.6. The Morgan fingerprint density at radius 3 is 2.44 bits per heavy atom. The molecule has 2 aliphatic heterocycles. The van der Waals surface area contributed by atoms with Crippen LogP contribution >= 0.6 is 11.8 Å². The molecule has 6 heteroatoms. The van der Waals surface area contributed by atoms with E-state index in [0.29, 0.717) is 10.1 Å². The smallest absolute Gasteiger partial charge is 0.266 e. The number of likely N-dealkylation sites (N-methyl/N-ethyl adjacent to an activating group) is 1. The van der Waals surface area contributed by atoms with Gasteiger partial charge in [0.25, 0.3) is 5.91 Å². The van der Waals surface area contributed by atoms with E-state index in [2.05, 4.69) is 84.8 Å². The van der Waals surface area contributed by atoms with Crippen LogP contribution in [0, 0.1) is 13.8 Å². The Hall–Kier alpha value is -3.25. The van der Waals surface area contributed by atoms with Crippen LogP contribution < -0.4 is 4.90 Å². The molecule has 5 rings (SSSR count). The van der Waals surface area contributed by atoms with Gasteiger partial charge in [0.2, 0.25) is 0 Å². The van der Waals surface area contributed by atoms with Crippen molar-refractivity contribution in [2.24, 2.45) is 4.99 Å². The van der Waals surface area contributed by atoms with E-state index >= 15 is 0 Å². The number of para-hydroxylation sites is 1. The lowest BCUT2D eigenvalue weighted by Gasteiger charge is -2.28. The molecule has 1 aromatic heterocycles. The Labute approximate surface area is 218 Å². The second-order valence-electron chi connectivity index (χ2n) is 9.58. The maximum Gasteiger partial charge on any atom is 0.266 e. The summed E-state index contributed by atoms with van der Waals surface area (Å²) in [5, 5.41) is 0.710. The number of rotatable bonds is 5. The lowest BCUT2D eigenvalue weighted by molar-refractivity contribution is -0.121. The van der Waals surface area contributed by atoms with Crippen molar-refractivity contribution in [1.29, 1.82) is 0 Å². The molecular weight excluding hydrogens is 464 g/mol. The number of thioether (sulfide) groups is 1. The van der Waals surface area contributed by atoms with Crippen LogP contribution in [0.3, 0.4) is 0 Å². The van der Waals surface area contributed by atoms with E-state index in [4.69, 9.17) is 4.99 Å². The number of aryl methyl sites for hydroxylation is 2. The van der Waals surface area contributed by atoms with Gasteiger partial charge in [0.15, 0.2) is 5.17 Å². The fourth-order valence-electron chi connectivity index (χ4n) is 5.13. The van der Waals surface area contributed by atoms with Crippen LogP contribution in [0.1, 0.15) is 48.7 Å². The Bertz CT molecular complexity index is 1330. The maximum atomic E-state index is 13.1. The zero-order valence-corrected chi connectivity index (χ0v) is 22.4. The van der Waals surface area contributed by atoms with E-state index in [9.17, 15) is 4.79 Å². The summed E-state index contributed by atoms with van der Waals surface area (Å²) < 4.78 is 2.29. The highest BCUT2D eigenvalue weighted by Gasteiger charge is 2.31. The zero-order valence-electron chi connectivity index (χ0n) is 21.6. The van der Waals surface area contributed by atoms with Gasteiger partial charge in [-0.1, -0.05) is 25.1 Å². The van der Waals surface area contributed by atoms with Crippen molar-refractivity contribution < 1.29 is 4.79 Å². The number of amidine groups is 1.